The lowest BCUT2D eigenvalue weighted by molar-refractivity contribution is 0.0643. The van der Waals surface area contributed by atoms with Gasteiger partial charge in [0, 0.05) is 13.1 Å². The Morgan fingerprint density at radius 3 is 2.44 bits per heavy atom. The largest absolute Gasteiger partial charge is 0.442 e. The van der Waals surface area contributed by atoms with E-state index in [0.29, 0.717) is 0 Å². The van der Waals surface area contributed by atoms with Gasteiger partial charge in [0.25, 0.3) is 0 Å². The van der Waals surface area contributed by atoms with Crippen LogP contribution in [-0.2, 0) is 4.74 Å². The molecule has 98 valence electrons. The number of halogens is 1. The molecule has 4 heteroatoms. The normalized spacial score (nSPS) is 17.3. The van der Waals surface area contributed by atoms with Crippen molar-refractivity contribution in [2.75, 3.05) is 13.1 Å². The number of carbonyl (C=O) groups is 1. The van der Waals surface area contributed by atoms with Crippen LogP contribution in [0.2, 0.25) is 0 Å². The van der Waals surface area contributed by atoms with E-state index in [-0.39, 0.29) is 18.0 Å². The fourth-order valence-electron chi connectivity index (χ4n) is 2.10. The van der Waals surface area contributed by atoms with Gasteiger partial charge in [-0.25, -0.2) is 9.18 Å². The van der Waals surface area contributed by atoms with Crippen LogP contribution >= 0.6 is 0 Å². The molecule has 0 N–H and O–H groups in total. The third-order valence-corrected chi connectivity index (χ3v) is 3.23. The molecular formula is C14H18FNO2. The lowest BCUT2D eigenvalue weighted by Gasteiger charge is -2.27. The second kappa shape index (κ2) is 5.85. The third-order valence-electron chi connectivity index (χ3n) is 3.23. The molecule has 18 heavy (non-hydrogen) atoms. The second-order valence-electron chi connectivity index (χ2n) is 4.63. The highest BCUT2D eigenvalue weighted by Gasteiger charge is 2.20. The molecule has 0 bridgehead atoms. The Kier molecular flexibility index (Phi) is 4.18. The lowest BCUT2D eigenvalue weighted by Crippen LogP contribution is -2.36. The predicted octanol–water partition coefficient (Wildman–Crippen LogP) is 3.51. The number of carbonyl (C=O) groups excluding carboxylic acids is 1. The molecule has 1 amide bonds. The minimum atomic E-state index is -0.347. The molecule has 1 saturated heterocycles. The molecule has 0 saturated carbocycles. The van der Waals surface area contributed by atoms with Crippen LogP contribution in [-0.4, -0.2) is 24.1 Å². The van der Waals surface area contributed by atoms with Crippen LogP contribution in [0.4, 0.5) is 9.18 Å². The molecule has 3 nitrogen and oxygen atoms in total. The van der Waals surface area contributed by atoms with Crippen molar-refractivity contribution >= 4 is 6.09 Å². The van der Waals surface area contributed by atoms with Crippen molar-refractivity contribution in [2.45, 2.75) is 32.3 Å². The van der Waals surface area contributed by atoms with Gasteiger partial charge in [0.05, 0.1) is 0 Å². The summed E-state index contributed by atoms with van der Waals surface area (Å²) in [7, 11) is 0. The number of ether oxygens (including phenoxy) is 1. The van der Waals surface area contributed by atoms with E-state index in [4.69, 9.17) is 4.74 Å². The van der Waals surface area contributed by atoms with Crippen LogP contribution < -0.4 is 0 Å². The maximum atomic E-state index is 12.8. The summed E-state index contributed by atoms with van der Waals surface area (Å²) in [4.78, 5) is 13.6. The smallest absolute Gasteiger partial charge is 0.410 e. The first-order valence-corrected chi connectivity index (χ1v) is 6.38. The van der Waals surface area contributed by atoms with Gasteiger partial charge in [0.2, 0.25) is 0 Å². The van der Waals surface area contributed by atoms with Crippen molar-refractivity contribution in [3.8, 4) is 0 Å². The van der Waals surface area contributed by atoms with E-state index in [0.717, 1.165) is 31.5 Å². The van der Waals surface area contributed by atoms with Gasteiger partial charge in [0.15, 0.2) is 0 Å². The van der Waals surface area contributed by atoms with Crippen molar-refractivity contribution < 1.29 is 13.9 Å². The van der Waals surface area contributed by atoms with Crippen LogP contribution in [0.15, 0.2) is 24.3 Å². The van der Waals surface area contributed by atoms with Crippen LogP contribution in [0, 0.1) is 5.82 Å². The molecule has 0 spiro atoms. The van der Waals surface area contributed by atoms with Crippen molar-refractivity contribution in [1.82, 2.24) is 4.90 Å². The lowest BCUT2D eigenvalue weighted by atomic mass is 10.1. The average Bonchev–Trinajstić information content (AvgIpc) is 2.40. The van der Waals surface area contributed by atoms with E-state index >= 15 is 0 Å². The number of likely N-dealkylation sites (tertiary alicyclic amines) is 1. The van der Waals surface area contributed by atoms with Gasteiger partial charge in [-0.3, -0.25) is 0 Å². The zero-order valence-electron chi connectivity index (χ0n) is 10.6. The zero-order valence-corrected chi connectivity index (χ0v) is 10.6. The first kappa shape index (κ1) is 12.9. The van der Waals surface area contributed by atoms with E-state index in [1.54, 1.807) is 24.0 Å². The van der Waals surface area contributed by atoms with Crippen LogP contribution in [0.3, 0.4) is 0 Å². The predicted molar refractivity (Wildman–Crippen MR) is 66.7 cm³/mol. The summed E-state index contributed by atoms with van der Waals surface area (Å²) >= 11 is 0. The fourth-order valence-corrected chi connectivity index (χ4v) is 2.10. The average molecular weight is 251 g/mol. The standard InChI is InChI=1S/C14H18FNO2/c1-11(12-5-7-13(15)8-6-12)18-14(17)16-9-3-2-4-10-16/h5-8,11H,2-4,9-10H2,1H3. The summed E-state index contributed by atoms with van der Waals surface area (Å²) in [5, 5.41) is 0. The Morgan fingerprint density at radius 2 is 1.83 bits per heavy atom. The topological polar surface area (TPSA) is 29.5 Å². The molecule has 0 radical (unpaired) electrons. The number of piperidine rings is 1. The number of rotatable bonds is 2. The summed E-state index contributed by atoms with van der Waals surface area (Å²) < 4.78 is 18.2. The van der Waals surface area contributed by atoms with Crippen molar-refractivity contribution in [2.24, 2.45) is 0 Å². The highest BCUT2D eigenvalue weighted by atomic mass is 19.1. The van der Waals surface area contributed by atoms with Crippen LogP contribution in [0.5, 0.6) is 0 Å². The molecule has 1 aliphatic rings. The highest BCUT2D eigenvalue weighted by Crippen LogP contribution is 2.19. The quantitative estimate of drug-likeness (QED) is 0.805. The molecule has 1 unspecified atom stereocenters. The SMILES string of the molecule is CC(OC(=O)N1CCCCC1)c1ccc(F)cc1. The molecule has 1 heterocycles. The number of hydrogen-bond acceptors (Lipinski definition) is 2. The number of amides is 1. The monoisotopic (exact) mass is 251 g/mol. The second-order valence-corrected chi connectivity index (χ2v) is 4.63. The maximum absolute atomic E-state index is 12.8. The Labute approximate surface area is 107 Å². The van der Waals surface area contributed by atoms with Gasteiger partial charge >= 0.3 is 6.09 Å². The van der Waals surface area contributed by atoms with Crippen molar-refractivity contribution in [3.63, 3.8) is 0 Å². The molecular weight excluding hydrogens is 233 g/mol. The zero-order chi connectivity index (χ0) is 13.0. The van der Waals surface area contributed by atoms with Gasteiger partial charge in [-0.1, -0.05) is 12.1 Å². The molecule has 1 aliphatic heterocycles. The minimum absolute atomic E-state index is 0.272. The van der Waals surface area contributed by atoms with Gasteiger partial charge in [-0.2, -0.15) is 0 Å². The van der Waals surface area contributed by atoms with Crippen LogP contribution in [0.25, 0.3) is 0 Å². The number of hydrogen-bond donors (Lipinski definition) is 0. The Hall–Kier alpha value is -1.58. The van der Waals surface area contributed by atoms with E-state index in [1.807, 2.05) is 0 Å². The van der Waals surface area contributed by atoms with Crippen LogP contribution in [0.1, 0.15) is 37.9 Å². The molecule has 0 aliphatic carbocycles. The highest BCUT2D eigenvalue weighted by molar-refractivity contribution is 5.68. The third kappa shape index (κ3) is 3.22. The molecule has 1 atom stereocenters. The van der Waals surface area contributed by atoms with E-state index in [1.165, 1.54) is 18.6 Å². The first-order valence-electron chi connectivity index (χ1n) is 6.38. The Bertz CT molecular complexity index is 399. The molecule has 2 rings (SSSR count). The van der Waals surface area contributed by atoms with Gasteiger partial charge < -0.3 is 9.64 Å². The van der Waals surface area contributed by atoms with Crippen molar-refractivity contribution in [1.29, 1.82) is 0 Å². The first-order chi connectivity index (χ1) is 8.66. The van der Waals surface area contributed by atoms with Gasteiger partial charge in [0.1, 0.15) is 11.9 Å². The number of nitrogens with zero attached hydrogens (tertiary/aromatic N) is 1. The van der Waals surface area contributed by atoms with Gasteiger partial charge in [-0.15, -0.1) is 0 Å². The summed E-state index contributed by atoms with van der Waals surface area (Å²) in [5.74, 6) is -0.284. The van der Waals surface area contributed by atoms with E-state index in [9.17, 15) is 9.18 Å². The van der Waals surface area contributed by atoms with E-state index in [2.05, 4.69) is 0 Å². The fraction of sp³-hybridized carbons (Fsp3) is 0.500. The molecule has 1 aromatic rings. The van der Waals surface area contributed by atoms with Gasteiger partial charge in [-0.05, 0) is 43.9 Å². The van der Waals surface area contributed by atoms with E-state index < -0.39 is 0 Å². The Balaban J connectivity index is 1.91. The molecule has 0 aromatic heterocycles. The maximum Gasteiger partial charge on any atom is 0.410 e. The Morgan fingerprint density at radius 1 is 1.22 bits per heavy atom. The summed E-state index contributed by atoms with van der Waals surface area (Å²) in [6.45, 7) is 3.35. The summed E-state index contributed by atoms with van der Waals surface area (Å²) in [6, 6.07) is 6.04. The molecule has 1 fully saturated rings. The van der Waals surface area contributed by atoms with Crippen molar-refractivity contribution in [3.05, 3.63) is 35.6 Å². The minimum Gasteiger partial charge on any atom is -0.442 e. The summed E-state index contributed by atoms with van der Waals surface area (Å²) in [6.07, 6.45) is 2.64. The summed E-state index contributed by atoms with van der Waals surface area (Å²) in [5.41, 5.74) is 0.807. The number of benzene rings is 1. The molecule has 1 aromatic carbocycles.